The molecule has 0 aliphatic rings. The van der Waals surface area contributed by atoms with E-state index >= 15 is 0 Å². The van der Waals surface area contributed by atoms with Crippen molar-refractivity contribution in [3.63, 3.8) is 0 Å². The van der Waals surface area contributed by atoms with Crippen molar-refractivity contribution in [1.29, 1.82) is 0 Å². The number of nitrogens with zero attached hydrogens (tertiary/aromatic N) is 2. The van der Waals surface area contributed by atoms with E-state index in [0.717, 1.165) is 35.8 Å². The van der Waals surface area contributed by atoms with Crippen LogP contribution in [0.4, 0.5) is 126 Å². The summed E-state index contributed by atoms with van der Waals surface area (Å²) in [4.78, 5) is 45.6. The van der Waals surface area contributed by atoms with Crippen LogP contribution < -0.4 is 18.9 Å². The van der Waals surface area contributed by atoms with Crippen LogP contribution in [0.1, 0.15) is 49.7 Å². The van der Waals surface area contributed by atoms with Crippen LogP contribution in [-0.4, -0.2) is 132 Å². The van der Waals surface area contributed by atoms with E-state index in [-0.39, 0.29) is 37.2 Å². The minimum Gasteiger partial charge on any atom is -0.493 e. The van der Waals surface area contributed by atoms with Gasteiger partial charge in [0, 0.05) is 24.3 Å². The quantitative estimate of drug-likeness (QED) is 0.0165. The molecule has 0 aliphatic heterocycles. The van der Waals surface area contributed by atoms with Crippen molar-refractivity contribution in [3.05, 3.63) is 55.6 Å². The number of rotatable bonds is 33. The minimum atomic E-state index is -8.14. The Bertz CT molecular complexity index is 2400. The fraction of sp³-hybridized carbons (Fsp3) is 0.650. The number of esters is 2. The summed E-state index contributed by atoms with van der Waals surface area (Å²) in [6.07, 6.45) is -21.5. The van der Waals surface area contributed by atoms with Crippen molar-refractivity contribution in [1.82, 2.24) is 0 Å². The molecule has 2 aromatic carbocycles. The second-order valence-electron chi connectivity index (χ2n) is 16.1. The molecule has 0 saturated heterocycles. The minimum absolute atomic E-state index is 0.0573. The lowest BCUT2D eigenvalue weighted by Crippen LogP contribution is -2.70. The van der Waals surface area contributed by atoms with Crippen LogP contribution in [-0.2, 0) is 32.3 Å². The van der Waals surface area contributed by atoms with Gasteiger partial charge in [0.15, 0.2) is 23.0 Å². The maximum Gasteiger partial charge on any atom is 0.460 e. The van der Waals surface area contributed by atoms with Crippen molar-refractivity contribution in [2.75, 3.05) is 38.9 Å². The second kappa shape index (κ2) is 26.0. The molecule has 0 amide bonds. The van der Waals surface area contributed by atoms with Gasteiger partial charge in [-0.25, -0.2) is 0 Å². The van der Waals surface area contributed by atoms with E-state index in [1.165, 1.54) is 0 Å². The highest BCUT2D eigenvalue weighted by Crippen LogP contribution is 2.62. The van der Waals surface area contributed by atoms with Gasteiger partial charge in [-0.3, -0.25) is 29.8 Å². The van der Waals surface area contributed by atoms with Crippen LogP contribution >= 0.6 is 21.6 Å². The van der Waals surface area contributed by atoms with E-state index in [4.69, 9.17) is 18.9 Å². The molecular formula is C40H34F26N2O12S2. The van der Waals surface area contributed by atoms with E-state index in [0.29, 0.717) is 24.3 Å². The van der Waals surface area contributed by atoms with E-state index in [9.17, 15) is 144 Å². The number of nitro benzene ring substituents is 2. The number of benzene rings is 2. The third-order valence-electron chi connectivity index (χ3n) is 10.5. The van der Waals surface area contributed by atoms with E-state index in [1.54, 1.807) is 0 Å². The van der Waals surface area contributed by atoms with Gasteiger partial charge in [0.25, 0.3) is 11.4 Å². The third kappa shape index (κ3) is 15.0. The van der Waals surface area contributed by atoms with Gasteiger partial charge < -0.3 is 28.4 Å². The predicted octanol–water partition coefficient (Wildman–Crippen LogP) is 14.3. The van der Waals surface area contributed by atoms with Crippen molar-refractivity contribution in [2.24, 2.45) is 0 Å². The summed E-state index contributed by atoms with van der Waals surface area (Å²) in [5.74, 6) is -81.7. The molecule has 0 saturated carbocycles. The number of carbonyl (C=O) groups is 2. The van der Waals surface area contributed by atoms with Crippen LogP contribution in [0.2, 0.25) is 0 Å². The number of nitro groups is 2. The highest BCUT2D eigenvalue weighted by molar-refractivity contribution is 8.76. The van der Waals surface area contributed by atoms with Gasteiger partial charge in [-0.15, -0.1) is 0 Å². The highest BCUT2D eigenvalue weighted by atomic mass is 33.1. The van der Waals surface area contributed by atoms with Gasteiger partial charge in [0.05, 0.1) is 73.4 Å². The molecule has 470 valence electrons. The average molecular weight is 1290 g/mol. The number of hydrogen-bond donors (Lipinski definition) is 0. The van der Waals surface area contributed by atoms with Gasteiger partial charge >= 0.3 is 83.5 Å². The molecule has 0 fully saturated rings. The van der Waals surface area contributed by atoms with Crippen molar-refractivity contribution in [3.8, 4) is 23.0 Å². The molecule has 14 nitrogen and oxygen atoms in total. The molecule has 0 spiro atoms. The van der Waals surface area contributed by atoms with Crippen LogP contribution in [0, 0.1) is 20.2 Å². The summed E-state index contributed by atoms with van der Waals surface area (Å²) in [6.45, 7) is -5.83. The van der Waals surface area contributed by atoms with Crippen LogP contribution in [0.15, 0.2) is 24.3 Å². The summed E-state index contributed by atoms with van der Waals surface area (Å²) in [6, 6.07) is 1.98. The zero-order valence-electron chi connectivity index (χ0n) is 40.2. The zero-order valence-corrected chi connectivity index (χ0v) is 41.9. The monoisotopic (exact) mass is 1290 g/mol. The Hall–Kier alpha value is -5.74. The van der Waals surface area contributed by atoms with Crippen molar-refractivity contribution in [2.45, 2.75) is 123 Å². The molecule has 0 N–H and O–H groups in total. The predicted molar refractivity (Wildman–Crippen MR) is 224 cm³/mol. The van der Waals surface area contributed by atoms with Gasteiger partial charge in [-0.2, -0.15) is 114 Å². The molecule has 0 atom stereocenters. The average Bonchev–Trinajstić information content (AvgIpc) is 3.34. The van der Waals surface area contributed by atoms with Crippen molar-refractivity contribution >= 4 is 44.9 Å². The zero-order chi connectivity index (χ0) is 63.9. The standard InChI is InChI=1S/C40H34F26N2O12S2/c1-75-23-13-19(21(67(71)72)15-25(23)77-9-7-29(41,42)31(45,46)33(49,50)35(53,54)37(57,58)39(61,62)63)17-79-27(69)5-3-11-81-82-12-4-6-28(70)80-18-20-14-24(76-2)26(16-22(20)68(73)74)78-10-8-30(43,44)32(47,48)34(51,52)36(55,56)38(59,60)40(64,65)66/h13-16H,3-12,17-18H2,1-2H3. The molecule has 0 radical (unpaired) electrons. The first kappa shape index (κ1) is 72.4. The topological polar surface area (TPSA) is 176 Å². The Morgan fingerprint density at radius 2 is 0.720 bits per heavy atom. The molecule has 82 heavy (non-hydrogen) atoms. The number of ether oxygens (including phenoxy) is 6. The molecule has 0 bridgehead atoms. The molecular weight excluding hydrogens is 1260 g/mol. The first-order valence-corrected chi connectivity index (χ1v) is 23.9. The molecule has 2 aromatic rings. The lowest BCUT2D eigenvalue weighted by molar-refractivity contribution is -0.440. The van der Waals surface area contributed by atoms with E-state index in [2.05, 4.69) is 9.47 Å². The fourth-order valence-corrected chi connectivity index (χ4v) is 8.10. The smallest absolute Gasteiger partial charge is 0.460 e. The number of halogens is 26. The third-order valence-corrected chi connectivity index (χ3v) is 13.1. The molecule has 0 unspecified atom stereocenters. The first-order valence-electron chi connectivity index (χ1n) is 21.4. The fourth-order valence-electron chi connectivity index (χ4n) is 5.92. The molecule has 0 heterocycles. The lowest BCUT2D eigenvalue weighted by atomic mass is 9.93. The lowest BCUT2D eigenvalue weighted by Gasteiger charge is -2.39. The number of methoxy groups -OCH3 is 2. The summed E-state index contributed by atoms with van der Waals surface area (Å²) in [5, 5.41) is 23.4. The maximum atomic E-state index is 14.2. The molecule has 2 rings (SSSR count). The van der Waals surface area contributed by atoms with E-state index < -0.39 is 178 Å². The second-order valence-corrected chi connectivity index (χ2v) is 18.8. The molecule has 0 aromatic heterocycles. The Kier molecular flexibility index (Phi) is 23.0. The Labute approximate surface area is 447 Å². The van der Waals surface area contributed by atoms with Crippen molar-refractivity contribution < 1.29 is 162 Å². The number of hydrogen-bond acceptors (Lipinski definition) is 14. The Balaban J connectivity index is 1.92. The SMILES string of the molecule is COc1cc(COC(=O)CCCSSCCCC(=O)OCc2cc(OC)c(OCCC(F)(F)C(F)(F)C(F)(F)C(F)(F)C(F)(F)C(F)(F)F)cc2[N+](=O)[O-])c([N+](=O)[O-])cc1OCCC(F)(F)C(F)(F)C(F)(F)C(F)(F)C(F)(F)C(F)(F)F. The largest absolute Gasteiger partial charge is 0.493 e. The summed E-state index contributed by atoms with van der Waals surface area (Å²) in [7, 11) is 3.80. The summed E-state index contributed by atoms with van der Waals surface area (Å²) >= 11 is 0. The highest BCUT2D eigenvalue weighted by Gasteiger charge is 2.92. The maximum absolute atomic E-state index is 14.2. The number of carbonyl (C=O) groups excluding carboxylic acids is 2. The Morgan fingerprint density at radius 3 is 0.976 bits per heavy atom. The van der Waals surface area contributed by atoms with Crippen LogP contribution in [0.3, 0.4) is 0 Å². The van der Waals surface area contributed by atoms with E-state index in [1.807, 2.05) is 0 Å². The Morgan fingerprint density at radius 1 is 0.439 bits per heavy atom. The molecule has 42 heteroatoms. The summed E-state index contributed by atoms with van der Waals surface area (Å²) in [5.41, 5.74) is -3.20. The normalized spacial score (nSPS) is 13.9. The van der Waals surface area contributed by atoms with Crippen LogP contribution in [0.25, 0.3) is 0 Å². The first-order chi connectivity index (χ1) is 36.9. The number of alkyl halides is 26. The molecule has 0 aliphatic carbocycles. The van der Waals surface area contributed by atoms with Gasteiger partial charge in [-0.1, -0.05) is 21.6 Å². The van der Waals surface area contributed by atoms with Gasteiger partial charge in [0.1, 0.15) is 13.2 Å². The van der Waals surface area contributed by atoms with Gasteiger partial charge in [0.2, 0.25) is 0 Å². The summed E-state index contributed by atoms with van der Waals surface area (Å²) < 4.78 is 378. The van der Waals surface area contributed by atoms with Gasteiger partial charge in [-0.05, 0) is 25.0 Å². The van der Waals surface area contributed by atoms with Crippen LogP contribution in [0.5, 0.6) is 23.0 Å².